The second kappa shape index (κ2) is 3.27. The second-order valence-corrected chi connectivity index (χ2v) is 3.96. The number of nitrogens with zero attached hydrogens (tertiary/aromatic N) is 1. The van der Waals surface area contributed by atoms with Crippen molar-refractivity contribution in [1.29, 1.82) is 0 Å². The molecule has 0 aliphatic heterocycles. The number of hydrogen-bond acceptors (Lipinski definition) is 1. The molecule has 0 unspecified atom stereocenters. The fourth-order valence-electron chi connectivity index (χ4n) is 2.27. The smallest absolute Gasteiger partial charge is 0.120 e. The summed E-state index contributed by atoms with van der Waals surface area (Å²) >= 11 is 0. The number of benzene rings is 2. The summed E-state index contributed by atoms with van der Waals surface area (Å²) in [6, 6.07) is 14.6. The standard InChI is InChI=1S/C14H13NO/c1-15-13-6-4-3-5-11(13)12-8-7-10(16-2)9-14(12)15/h3-9H,1-2H3. The van der Waals surface area contributed by atoms with Crippen molar-refractivity contribution in [2.24, 2.45) is 7.05 Å². The topological polar surface area (TPSA) is 14.2 Å². The van der Waals surface area contributed by atoms with E-state index in [0.29, 0.717) is 0 Å². The molecule has 3 rings (SSSR count). The minimum atomic E-state index is 0.901. The van der Waals surface area contributed by atoms with E-state index in [1.165, 1.54) is 21.8 Å². The van der Waals surface area contributed by atoms with Crippen LogP contribution in [0.4, 0.5) is 0 Å². The highest BCUT2D eigenvalue weighted by Crippen LogP contribution is 2.30. The van der Waals surface area contributed by atoms with Gasteiger partial charge in [-0.05, 0) is 18.2 Å². The van der Waals surface area contributed by atoms with Gasteiger partial charge in [0, 0.05) is 29.4 Å². The van der Waals surface area contributed by atoms with Crippen LogP contribution in [0.2, 0.25) is 0 Å². The molecule has 1 aromatic heterocycles. The molecule has 0 atom stereocenters. The molecule has 0 radical (unpaired) electrons. The number of rotatable bonds is 1. The van der Waals surface area contributed by atoms with Crippen LogP contribution in [0.5, 0.6) is 5.75 Å². The lowest BCUT2D eigenvalue weighted by atomic mass is 10.1. The average Bonchev–Trinajstić information content (AvgIpc) is 2.64. The Morgan fingerprint density at radius 3 is 2.50 bits per heavy atom. The van der Waals surface area contributed by atoms with Crippen LogP contribution in [0.15, 0.2) is 42.5 Å². The monoisotopic (exact) mass is 211 g/mol. The van der Waals surface area contributed by atoms with Crippen LogP contribution in [-0.4, -0.2) is 11.7 Å². The maximum atomic E-state index is 5.26. The lowest BCUT2D eigenvalue weighted by Crippen LogP contribution is -1.87. The largest absolute Gasteiger partial charge is 0.497 e. The number of methoxy groups -OCH3 is 1. The van der Waals surface area contributed by atoms with Crippen molar-refractivity contribution in [2.75, 3.05) is 7.11 Å². The van der Waals surface area contributed by atoms with Crippen molar-refractivity contribution in [1.82, 2.24) is 4.57 Å². The first-order valence-corrected chi connectivity index (χ1v) is 5.32. The summed E-state index contributed by atoms with van der Waals surface area (Å²) in [4.78, 5) is 0. The number of para-hydroxylation sites is 1. The zero-order valence-electron chi connectivity index (χ0n) is 9.40. The molecule has 0 spiro atoms. The fraction of sp³-hybridized carbons (Fsp3) is 0.143. The molecule has 0 fully saturated rings. The van der Waals surface area contributed by atoms with E-state index >= 15 is 0 Å². The quantitative estimate of drug-likeness (QED) is 0.602. The highest BCUT2D eigenvalue weighted by molar-refractivity contribution is 6.08. The second-order valence-electron chi connectivity index (χ2n) is 3.96. The molecule has 0 saturated carbocycles. The van der Waals surface area contributed by atoms with Crippen molar-refractivity contribution >= 4 is 21.8 Å². The Morgan fingerprint density at radius 1 is 0.938 bits per heavy atom. The molecule has 16 heavy (non-hydrogen) atoms. The van der Waals surface area contributed by atoms with Gasteiger partial charge in [-0.2, -0.15) is 0 Å². The lowest BCUT2D eigenvalue weighted by molar-refractivity contribution is 0.415. The molecule has 0 amide bonds. The fourth-order valence-corrected chi connectivity index (χ4v) is 2.27. The average molecular weight is 211 g/mol. The molecule has 2 heteroatoms. The first kappa shape index (κ1) is 9.28. The molecular weight excluding hydrogens is 198 g/mol. The normalized spacial score (nSPS) is 11.1. The number of aryl methyl sites for hydroxylation is 1. The van der Waals surface area contributed by atoms with Gasteiger partial charge in [0.15, 0.2) is 0 Å². The molecule has 2 aromatic carbocycles. The van der Waals surface area contributed by atoms with E-state index in [4.69, 9.17) is 4.74 Å². The molecule has 1 heterocycles. The highest BCUT2D eigenvalue weighted by atomic mass is 16.5. The molecule has 0 N–H and O–H groups in total. The summed E-state index contributed by atoms with van der Waals surface area (Å²) in [5.41, 5.74) is 2.46. The molecule has 2 nitrogen and oxygen atoms in total. The lowest BCUT2D eigenvalue weighted by Gasteiger charge is -2.01. The van der Waals surface area contributed by atoms with Gasteiger partial charge >= 0.3 is 0 Å². The number of hydrogen-bond donors (Lipinski definition) is 0. The predicted molar refractivity (Wildman–Crippen MR) is 67.0 cm³/mol. The molecule has 80 valence electrons. The first-order chi connectivity index (χ1) is 7.81. The Hall–Kier alpha value is -1.96. The van der Waals surface area contributed by atoms with Crippen LogP contribution >= 0.6 is 0 Å². The Kier molecular flexibility index (Phi) is 1.90. The third kappa shape index (κ3) is 1.13. The zero-order valence-corrected chi connectivity index (χ0v) is 9.40. The van der Waals surface area contributed by atoms with Crippen molar-refractivity contribution in [3.05, 3.63) is 42.5 Å². The van der Waals surface area contributed by atoms with E-state index in [-0.39, 0.29) is 0 Å². The maximum Gasteiger partial charge on any atom is 0.120 e. The van der Waals surface area contributed by atoms with Gasteiger partial charge in [0.1, 0.15) is 5.75 Å². The van der Waals surface area contributed by atoms with Crippen LogP contribution in [0.3, 0.4) is 0 Å². The van der Waals surface area contributed by atoms with Crippen molar-refractivity contribution in [3.63, 3.8) is 0 Å². The van der Waals surface area contributed by atoms with E-state index in [2.05, 4.69) is 48.0 Å². The minimum Gasteiger partial charge on any atom is -0.497 e. The zero-order chi connectivity index (χ0) is 11.1. The summed E-state index contributed by atoms with van der Waals surface area (Å²) in [5, 5.41) is 2.57. The van der Waals surface area contributed by atoms with Gasteiger partial charge in [-0.1, -0.05) is 18.2 Å². The van der Waals surface area contributed by atoms with Gasteiger partial charge < -0.3 is 9.30 Å². The number of ether oxygens (including phenoxy) is 1. The highest BCUT2D eigenvalue weighted by Gasteiger charge is 2.07. The Labute approximate surface area is 94.1 Å². The summed E-state index contributed by atoms with van der Waals surface area (Å²) < 4.78 is 7.46. The summed E-state index contributed by atoms with van der Waals surface area (Å²) in [6.07, 6.45) is 0. The van der Waals surface area contributed by atoms with Gasteiger partial charge in [0.05, 0.1) is 12.6 Å². The van der Waals surface area contributed by atoms with Crippen molar-refractivity contribution < 1.29 is 4.74 Å². The van der Waals surface area contributed by atoms with Gasteiger partial charge in [-0.25, -0.2) is 0 Å². The van der Waals surface area contributed by atoms with Gasteiger partial charge in [-0.3, -0.25) is 0 Å². The summed E-state index contributed by atoms with van der Waals surface area (Å²) in [5.74, 6) is 0.901. The third-order valence-corrected chi connectivity index (χ3v) is 3.12. The molecule has 0 aliphatic carbocycles. The van der Waals surface area contributed by atoms with Crippen molar-refractivity contribution in [3.8, 4) is 5.75 Å². The van der Waals surface area contributed by atoms with E-state index in [9.17, 15) is 0 Å². The summed E-state index contributed by atoms with van der Waals surface area (Å²) in [6.45, 7) is 0. The Balaban J connectivity index is 2.51. The van der Waals surface area contributed by atoms with E-state index in [1.54, 1.807) is 7.11 Å². The van der Waals surface area contributed by atoms with Gasteiger partial charge in [0.2, 0.25) is 0 Å². The number of aromatic nitrogens is 1. The molecule has 0 saturated heterocycles. The van der Waals surface area contributed by atoms with Crippen LogP contribution < -0.4 is 4.74 Å². The Morgan fingerprint density at radius 2 is 1.69 bits per heavy atom. The predicted octanol–water partition coefficient (Wildman–Crippen LogP) is 3.34. The SMILES string of the molecule is COc1ccc2c3ccccc3n(C)c2c1. The van der Waals surface area contributed by atoms with Crippen LogP contribution in [0.25, 0.3) is 21.8 Å². The van der Waals surface area contributed by atoms with Gasteiger partial charge in [0.25, 0.3) is 0 Å². The molecule has 0 bridgehead atoms. The van der Waals surface area contributed by atoms with E-state index < -0.39 is 0 Å². The van der Waals surface area contributed by atoms with Crippen LogP contribution in [-0.2, 0) is 7.05 Å². The molecular formula is C14H13NO. The molecule has 3 aromatic rings. The van der Waals surface area contributed by atoms with E-state index in [1.807, 2.05) is 6.07 Å². The minimum absolute atomic E-state index is 0.901. The number of fused-ring (bicyclic) bond motifs is 3. The van der Waals surface area contributed by atoms with Crippen molar-refractivity contribution in [2.45, 2.75) is 0 Å². The van der Waals surface area contributed by atoms with Crippen LogP contribution in [0.1, 0.15) is 0 Å². The van der Waals surface area contributed by atoms with Crippen LogP contribution in [0, 0.1) is 0 Å². The first-order valence-electron chi connectivity index (χ1n) is 5.32. The van der Waals surface area contributed by atoms with Gasteiger partial charge in [-0.15, -0.1) is 0 Å². The van der Waals surface area contributed by atoms with E-state index in [0.717, 1.165) is 5.75 Å². The Bertz CT molecular complexity index is 667. The summed E-state index contributed by atoms with van der Waals surface area (Å²) in [7, 11) is 3.79. The third-order valence-electron chi connectivity index (χ3n) is 3.12. The molecule has 0 aliphatic rings. The maximum absolute atomic E-state index is 5.26.